The van der Waals surface area contributed by atoms with E-state index >= 15 is 0 Å². The lowest BCUT2D eigenvalue weighted by Crippen LogP contribution is -2.28. The smallest absolute Gasteiger partial charge is 0.222 e. The van der Waals surface area contributed by atoms with Crippen molar-refractivity contribution in [3.05, 3.63) is 12.4 Å². The third-order valence-corrected chi connectivity index (χ3v) is 2.58. The lowest BCUT2D eigenvalue weighted by molar-refractivity contribution is -0.129. The van der Waals surface area contributed by atoms with E-state index in [-0.39, 0.29) is 11.9 Å². The van der Waals surface area contributed by atoms with Crippen molar-refractivity contribution < 1.29 is 4.79 Å². The summed E-state index contributed by atoms with van der Waals surface area (Å²) in [4.78, 5) is 15.0. The van der Waals surface area contributed by atoms with E-state index in [1.807, 2.05) is 11.8 Å². The van der Waals surface area contributed by atoms with Crippen molar-refractivity contribution >= 4 is 5.91 Å². The van der Waals surface area contributed by atoms with Crippen molar-refractivity contribution in [3.63, 3.8) is 0 Å². The molecule has 1 aromatic heterocycles. The number of hydrogen-bond donors (Lipinski definition) is 0. The van der Waals surface area contributed by atoms with Crippen LogP contribution in [0.3, 0.4) is 0 Å². The second-order valence-corrected chi connectivity index (χ2v) is 3.49. The summed E-state index contributed by atoms with van der Waals surface area (Å²) in [6.07, 6.45) is 4.88. The minimum atomic E-state index is 0.222. The van der Waals surface area contributed by atoms with E-state index < -0.39 is 0 Å². The largest absolute Gasteiger partial charge is 0.340 e. The predicted molar refractivity (Wildman–Crippen MR) is 50.5 cm³/mol. The topological polar surface area (TPSA) is 51.0 Å². The molecule has 1 aliphatic heterocycles. The van der Waals surface area contributed by atoms with Crippen LogP contribution in [0.2, 0.25) is 0 Å². The third kappa shape index (κ3) is 1.62. The highest BCUT2D eigenvalue weighted by Crippen LogP contribution is 2.19. The normalized spacial score (nSPS) is 21.5. The van der Waals surface area contributed by atoms with Crippen molar-refractivity contribution in [1.82, 2.24) is 19.9 Å². The number of nitrogens with zero attached hydrogens (tertiary/aromatic N) is 4. The number of carbonyl (C=O) groups is 1. The van der Waals surface area contributed by atoms with Crippen molar-refractivity contribution in [2.75, 3.05) is 13.1 Å². The van der Waals surface area contributed by atoms with Crippen LogP contribution in [0.25, 0.3) is 0 Å². The van der Waals surface area contributed by atoms with Gasteiger partial charge in [0.2, 0.25) is 5.91 Å². The molecule has 1 fully saturated rings. The maximum absolute atomic E-state index is 11.4. The van der Waals surface area contributed by atoms with E-state index in [0.29, 0.717) is 6.42 Å². The van der Waals surface area contributed by atoms with Gasteiger partial charge in [-0.1, -0.05) is 6.92 Å². The zero-order valence-corrected chi connectivity index (χ0v) is 8.26. The van der Waals surface area contributed by atoms with E-state index in [0.717, 1.165) is 19.5 Å². The fourth-order valence-electron chi connectivity index (χ4n) is 1.80. The molecule has 0 unspecified atom stereocenters. The van der Waals surface area contributed by atoms with E-state index in [1.54, 1.807) is 17.2 Å². The van der Waals surface area contributed by atoms with Gasteiger partial charge in [0.05, 0.1) is 18.4 Å². The number of carbonyl (C=O) groups excluding carboxylic acids is 1. The molecule has 76 valence electrons. The molecule has 0 aromatic carbocycles. The summed E-state index contributed by atoms with van der Waals surface area (Å²) in [5, 5.41) is 8.17. The average Bonchev–Trinajstić information content (AvgIpc) is 2.86. The molecule has 2 heterocycles. The minimum Gasteiger partial charge on any atom is -0.340 e. The molecule has 0 N–H and O–H groups in total. The van der Waals surface area contributed by atoms with Gasteiger partial charge in [0.15, 0.2) is 0 Å². The van der Waals surface area contributed by atoms with E-state index in [4.69, 9.17) is 0 Å². The fraction of sp³-hybridized carbons (Fsp3) is 0.667. The Balaban J connectivity index is 1.98. The molecule has 1 aliphatic rings. The zero-order chi connectivity index (χ0) is 9.97. The summed E-state index contributed by atoms with van der Waals surface area (Å²) in [6, 6.07) is 0.264. The van der Waals surface area contributed by atoms with Crippen molar-refractivity contribution in [1.29, 1.82) is 0 Å². The molecule has 1 amide bonds. The summed E-state index contributed by atoms with van der Waals surface area (Å²) in [5.41, 5.74) is 0. The number of rotatable bonds is 2. The van der Waals surface area contributed by atoms with E-state index in [9.17, 15) is 4.79 Å². The van der Waals surface area contributed by atoms with Crippen LogP contribution < -0.4 is 0 Å². The lowest BCUT2D eigenvalue weighted by atomic mass is 10.3. The van der Waals surface area contributed by atoms with Gasteiger partial charge in [-0.25, -0.2) is 0 Å². The van der Waals surface area contributed by atoms with Gasteiger partial charge in [-0.3, -0.25) is 4.79 Å². The van der Waals surface area contributed by atoms with Crippen LogP contribution in [0.1, 0.15) is 25.8 Å². The van der Waals surface area contributed by atoms with Crippen molar-refractivity contribution in [2.24, 2.45) is 0 Å². The van der Waals surface area contributed by atoms with Gasteiger partial charge in [-0.2, -0.15) is 15.0 Å². The average molecular weight is 194 g/mol. The molecule has 1 saturated heterocycles. The van der Waals surface area contributed by atoms with Crippen LogP contribution in [0.4, 0.5) is 0 Å². The molecule has 1 atom stereocenters. The number of likely N-dealkylation sites (tertiary alicyclic amines) is 1. The SMILES string of the molecule is CCC(=O)N1CC[C@@H](n2nccn2)C1. The highest BCUT2D eigenvalue weighted by Gasteiger charge is 2.27. The summed E-state index contributed by atoms with van der Waals surface area (Å²) >= 11 is 0. The second-order valence-electron chi connectivity index (χ2n) is 3.49. The Labute approximate surface area is 82.7 Å². The Bertz CT molecular complexity index is 309. The lowest BCUT2D eigenvalue weighted by Gasteiger charge is -2.14. The molecule has 5 nitrogen and oxygen atoms in total. The highest BCUT2D eigenvalue weighted by atomic mass is 16.2. The first-order valence-corrected chi connectivity index (χ1v) is 4.95. The first-order chi connectivity index (χ1) is 6.81. The van der Waals surface area contributed by atoms with Crippen LogP contribution in [-0.2, 0) is 4.79 Å². The van der Waals surface area contributed by atoms with Crippen LogP contribution in [-0.4, -0.2) is 38.9 Å². The molecule has 5 heteroatoms. The molecule has 0 saturated carbocycles. The molecular formula is C9H14N4O. The number of hydrogen-bond acceptors (Lipinski definition) is 3. The van der Waals surface area contributed by atoms with Crippen molar-refractivity contribution in [3.8, 4) is 0 Å². The monoisotopic (exact) mass is 194 g/mol. The summed E-state index contributed by atoms with van der Waals surface area (Å²) in [5.74, 6) is 0.222. The molecule has 0 spiro atoms. The van der Waals surface area contributed by atoms with Crippen LogP contribution in [0.15, 0.2) is 12.4 Å². The van der Waals surface area contributed by atoms with Gasteiger partial charge in [0, 0.05) is 19.5 Å². The molecule has 1 aromatic rings. The molecule has 0 bridgehead atoms. The summed E-state index contributed by atoms with van der Waals surface area (Å²) in [6.45, 7) is 3.47. The Hall–Kier alpha value is -1.39. The standard InChI is InChI=1S/C9H14N4O/c1-2-9(14)12-6-3-8(7-12)13-10-4-5-11-13/h4-5,8H,2-3,6-7H2,1H3/t8-/m1/s1. The molecule has 2 rings (SSSR count). The Morgan fingerprint density at radius 1 is 1.50 bits per heavy atom. The Kier molecular flexibility index (Phi) is 2.47. The minimum absolute atomic E-state index is 0.222. The van der Waals surface area contributed by atoms with Crippen LogP contribution in [0.5, 0.6) is 0 Å². The van der Waals surface area contributed by atoms with Gasteiger partial charge in [0.1, 0.15) is 0 Å². The number of amides is 1. The fourth-order valence-corrected chi connectivity index (χ4v) is 1.80. The van der Waals surface area contributed by atoms with Crippen LogP contribution >= 0.6 is 0 Å². The number of aromatic nitrogens is 3. The van der Waals surface area contributed by atoms with Gasteiger partial charge >= 0.3 is 0 Å². The van der Waals surface area contributed by atoms with E-state index in [2.05, 4.69) is 10.2 Å². The summed E-state index contributed by atoms with van der Waals surface area (Å²) in [7, 11) is 0. The molecule has 14 heavy (non-hydrogen) atoms. The van der Waals surface area contributed by atoms with Gasteiger partial charge < -0.3 is 4.90 Å². The highest BCUT2D eigenvalue weighted by molar-refractivity contribution is 5.76. The molecule has 0 aliphatic carbocycles. The Morgan fingerprint density at radius 3 is 2.86 bits per heavy atom. The third-order valence-electron chi connectivity index (χ3n) is 2.58. The maximum atomic E-state index is 11.4. The van der Waals surface area contributed by atoms with Gasteiger partial charge in [0.25, 0.3) is 0 Å². The molecule has 0 radical (unpaired) electrons. The molecular weight excluding hydrogens is 180 g/mol. The Morgan fingerprint density at radius 2 is 2.21 bits per heavy atom. The maximum Gasteiger partial charge on any atom is 0.222 e. The van der Waals surface area contributed by atoms with E-state index in [1.165, 1.54) is 0 Å². The first-order valence-electron chi connectivity index (χ1n) is 4.95. The first kappa shape index (κ1) is 9.18. The second kappa shape index (κ2) is 3.77. The van der Waals surface area contributed by atoms with Crippen molar-refractivity contribution in [2.45, 2.75) is 25.8 Å². The summed E-state index contributed by atoms with van der Waals surface area (Å²) < 4.78 is 0. The predicted octanol–water partition coefficient (Wildman–Crippen LogP) is 0.462. The quantitative estimate of drug-likeness (QED) is 0.687. The van der Waals surface area contributed by atoms with Gasteiger partial charge in [-0.05, 0) is 6.42 Å². The zero-order valence-electron chi connectivity index (χ0n) is 8.26. The van der Waals surface area contributed by atoms with Gasteiger partial charge in [-0.15, -0.1) is 0 Å². The van der Waals surface area contributed by atoms with Crippen LogP contribution in [0, 0.1) is 0 Å².